The summed E-state index contributed by atoms with van der Waals surface area (Å²) in [6.45, 7) is 7.55. The lowest BCUT2D eigenvalue weighted by Crippen LogP contribution is -1.91. The summed E-state index contributed by atoms with van der Waals surface area (Å²) in [6.07, 6.45) is 7.34. The van der Waals surface area contributed by atoms with Crippen LogP contribution in [0.5, 0.6) is 5.88 Å². The van der Waals surface area contributed by atoms with Crippen LogP contribution in [-0.2, 0) is 0 Å². The zero-order valence-corrected chi connectivity index (χ0v) is 9.10. The van der Waals surface area contributed by atoms with Crippen molar-refractivity contribution in [2.24, 2.45) is 0 Å². The summed E-state index contributed by atoms with van der Waals surface area (Å²) in [5.41, 5.74) is 1.10. The molecular weight excluding hydrogens is 186 g/mol. The van der Waals surface area contributed by atoms with Gasteiger partial charge in [0.2, 0.25) is 5.88 Å². The molecule has 0 unspecified atom stereocenters. The Kier molecular flexibility index (Phi) is 4.35. The number of hydrogen-bond donors (Lipinski definition) is 0. The second kappa shape index (κ2) is 5.81. The van der Waals surface area contributed by atoms with Gasteiger partial charge in [0.25, 0.3) is 0 Å². The van der Waals surface area contributed by atoms with Gasteiger partial charge in [-0.2, -0.15) is 0 Å². The number of ether oxygens (including phenoxy) is 1. The molecular formula is C13H15NO. The monoisotopic (exact) mass is 201 g/mol. The van der Waals surface area contributed by atoms with Gasteiger partial charge in [0, 0.05) is 12.3 Å². The molecule has 0 aliphatic rings. The fourth-order valence-corrected chi connectivity index (χ4v) is 0.923. The molecule has 0 spiro atoms. The van der Waals surface area contributed by atoms with Gasteiger partial charge < -0.3 is 4.74 Å². The van der Waals surface area contributed by atoms with Crippen molar-refractivity contribution in [2.75, 3.05) is 0 Å². The van der Waals surface area contributed by atoms with E-state index in [0.717, 1.165) is 11.3 Å². The number of allylic oxidation sites excluding steroid dienone is 5. The molecule has 0 saturated heterocycles. The van der Waals surface area contributed by atoms with Crippen molar-refractivity contribution >= 4 is 0 Å². The summed E-state index contributed by atoms with van der Waals surface area (Å²) in [4.78, 5) is 4.06. The van der Waals surface area contributed by atoms with Crippen molar-refractivity contribution in [1.82, 2.24) is 4.98 Å². The van der Waals surface area contributed by atoms with Crippen LogP contribution in [0.15, 0.2) is 60.5 Å². The maximum absolute atomic E-state index is 5.48. The van der Waals surface area contributed by atoms with Crippen LogP contribution in [-0.4, -0.2) is 4.98 Å². The number of aromatic nitrogens is 1. The molecule has 1 aromatic heterocycles. The Balaban J connectivity index is 2.63. The Bertz CT molecular complexity index is 377. The summed E-state index contributed by atoms with van der Waals surface area (Å²) >= 11 is 0. The van der Waals surface area contributed by atoms with E-state index in [2.05, 4.69) is 11.6 Å². The van der Waals surface area contributed by atoms with Crippen molar-refractivity contribution < 1.29 is 4.74 Å². The van der Waals surface area contributed by atoms with Crippen molar-refractivity contribution in [3.63, 3.8) is 0 Å². The maximum atomic E-state index is 5.48. The Hall–Kier alpha value is -1.83. The first kappa shape index (κ1) is 11.2. The van der Waals surface area contributed by atoms with E-state index in [4.69, 9.17) is 4.74 Å². The molecule has 2 heteroatoms. The van der Waals surface area contributed by atoms with Crippen LogP contribution in [0.4, 0.5) is 0 Å². The van der Waals surface area contributed by atoms with Crippen LogP contribution in [0.25, 0.3) is 0 Å². The standard InChI is InChI=1S/C13H15NO/c1-4-11(2)8-9-12(3)15-13-7-5-6-10-14-13/h4-10H,1H2,2-3H3/b11-8-,12-9+. The van der Waals surface area contributed by atoms with Gasteiger partial charge in [0.05, 0.1) is 0 Å². The summed E-state index contributed by atoms with van der Waals surface area (Å²) in [5, 5.41) is 0. The smallest absolute Gasteiger partial charge is 0.218 e. The molecule has 1 heterocycles. The van der Waals surface area contributed by atoms with Gasteiger partial charge in [-0.05, 0) is 26.0 Å². The first-order valence-corrected chi connectivity index (χ1v) is 4.79. The normalized spacial score (nSPS) is 12.4. The molecule has 0 atom stereocenters. The average molecular weight is 201 g/mol. The summed E-state index contributed by atoms with van der Waals surface area (Å²) in [5.74, 6) is 1.41. The molecule has 0 N–H and O–H groups in total. The van der Waals surface area contributed by atoms with Crippen molar-refractivity contribution in [3.05, 3.63) is 60.5 Å². The molecule has 15 heavy (non-hydrogen) atoms. The molecule has 0 radical (unpaired) electrons. The molecule has 0 fully saturated rings. The van der Waals surface area contributed by atoms with Crippen LogP contribution < -0.4 is 4.74 Å². The Labute approximate surface area is 90.6 Å². The SMILES string of the molecule is C=C/C(C)=C\C=C(/C)Oc1ccccn1. The molecule has 78 valence electrons. The number of nitrogens with zero attached hydrogens (tertiary/aromatic N) is 1. The Morgan fingerprint density at radius 2 is 2.13 bits per heavy atom. The van der Waals surface area contributed by atoms with Gasteiger partial charge in [-0.1, -0.05) is 30.4 Å². The average Bonchev–Trinajstić information content (AvgIpc) is 2.27. The highest BCUT2D eigenvalue weighted by molar-refractivity contribution is 5.22. The quantitative estimate of drug-likeness (QED) is 0.549. The molecule has 1 rings (SSSR count). The zero-order valence-electron chi connectivity index (χ0n) is 9.10. The van der Waals surface area contributed by atoms with Crippen molar-refractivity contribution in [1.29, 1.82) is 0 Å². The predicted octanol–water partition coefficient (Wildman–Crippen LogP) is 3.50. The van der Waals surface area contributed by atoms with E-state index < -0.39 is 0 Å². The van der Waals surface area contributed by atoms with Crippen LogP contribution in [0.3, 0.4) is 0 Å². The number of rotatable bonds is 4. The second-order valence-electron chi connectivity index (χ2n) is 3.16. The third-order valence-corrected chi connectivity index (χ3v) is 1.81. The fourth-order valence-electron chi connectivity index (χ4n) is 0.923. The molecule has 1 aromatic rings. The second-order valence-corrected chi connectivity index (χ2v) is 3.16. The molecule has 0 amide bonds. The van der Waals surface area contributed by atoms with Crippen LogP contribution in [0.2, 0.25) is 0 Å². The fraction of sp³-hybridized carbons (Fsp3) is 0.154. The predicted molar refractivity (Wildman–Crippen MR) is 62.6 cm³/mol. The van der Waals surface area contributed by atoms with E-state index in [1.54, 1.807) is 12.3 Å². The van der Waals surface area contributed by atoms with Crippen molar-refractivity contribution in [2.45, 2.75) is 13.8 Å². The van der Waals surface area contributed by atoms with E-state index in [9.17, 15) is 0 Å². The third-order valence-electron chi connectivity index (χ3n) is 1.81. The molecule has 0 bridgehead atoms. The van der Waals surface area contributed by atoms with Gasteiger partial charge >= 0.3 is 0 Å². The van der Waals surface area contributed by atoms with Gasteiger partial charge in [0.1, 0.15) is 5.76 Å². The minimum atomic E-state index is 0.607. The highest BCUT2D eigenvalue weighted by atomic mass is 16.5. The molecule has 0 aromatic carbocycles. The van der Waals surface area contributed by atoms with Gasteiger partial charge in [0.15, 0.2) is 0 Å². The molecule has 0 aliphatic carbocycles. The van der Waals surface area contributed by atoms with Crippen LogP contribution in [0.1, 0.15) is 13.8 Å². The van der Waals surface area contributed by atoms with Gasteiger partial charge in [-0.3, -0.25) is 0 Å². The van der Waals surface area contributed by atoms with Crippen molar-refractivity contribution in [3.8, 4) is 5.88 Å². The summed E-state index contributed by atoms with van der Waals surface area (Å²) in [7, 11) is 0. The molecule has 0 aliphatic heterocycles. The lowest BCUT2D eigenvalue weighted by molar-refractivity contribution is 0.411. The minimum Gasteiger partial charge on any atom is -0.444 e. The van der Waals surface area contributed by atoms with E-state index in [1.807, 2.05) is 44.2 Å². The Morgan fingerprint density at radius 1 is 1.33 bits per heavy atom. The zero-order chi connectivity index (χ0) is 11.1. The molecule has 0 saturated carbocycles. The molecule has 2 nitrogen and oxygen atoms in total. The lowest BCUT2D eigenvalue weighted by Gasteiger charge is -2.02. The van der Waals surface area contributed by atoms with E-state index in [1.165, 1.54) is 0 Å². The van der Waals surface area contributed by atoms with E-state index >= 15 is 0 Å². The van der Waals surface area contributed by atoms with Gasteiger partial charge in [-0.25, -0.2) is 4.98 Å². The minimum absolute atomic E-state index is 0.607. The maximum Gasteiger partial charge on any atom is 0.218 e. The topological polar surface area (TPSA) is 22.1 Å². The van der Waals surface area contributed by atoms with E-state index in [0.29, 0.717) is 5.88 Å². The highest BCUT2D eigenvalue weighted by Gasteiger charge is 1.93. The van der Waals surface area contributed by atoms with Crippen LogP contribution in [0, 0.1) is 0 Å². The summed E-state index contributed by atoms with van der Waals surface area (Å²) in [6, 6.07) is 5.57. The third kappa shape index (κ3) is 4.27. The van der Waals surface area contributed by atoms with Crippen LogP contribution >= 0.6 is 0 Å². The first-order chi connectivity index (χ1) is 7.22. The number of hydrogen-bond acceptors (Lipinski definition) is 2. The highest BCUT2D eigenvalue weighted by Crippen LogP contribution is 2.08. The number of pyridine rings is 1. The summed E-state index contributed by atoms with van der Waals surface area (Å²) < 4.78 is 5.48. The van der Waals surface area contributed by atoms with E-state index in [-0.39, 0.29) is 0 Å². The Morgan fingerprint density at radius 3 is 2.73 bits per heavy atom. The largest absolute Gasteiger partial charge is 0.444 e. The lowest BCUT2D eigenvalue weighted by atomic mass is 10.2. The first-order valence-electron chi connectivity index (χ1n) is 4.79. The van der Waals surface area contributed by atoms with Gasteiger partial charge in [-0.15, -0.1) is 0 Å².